The Bertz CT molecular complexity index is 2080. The number of benzene rings is 4. The fraction of sp³-hybridized carbons (Fsp3) is 0.216. The van der Waals surface area contributed by atoms with Crippen LogP contribution >= 0.6 is 0 Å². The van der Waals surface area contributed by atoms with Crippen molar-refractivity contribution in [1.29, 1.82) is 0 Å². The first-order valence-corrected chi connectivity index (χ1v) is 15.4. The van der Waals surface area contributed by atoms with E-state index in [-0.39, 0.29) is 18.1 Å². The maximum Gasteiger partial charge on any atom is 0.419 e. The molecule has 13 heteroatoms. The van der Waals surface area contributed by atoms with Gasteiger partial charge in [-0.3, -0.25) is 4.57 Å². The number of carbonyl (C=O) groups excluding carboxylic acids is 3. The van der Waals surface area contributed by atoms with Gasteiger partial charge in [0.05, 0.1) is 5.52 Å². The Morgan fingerprint density at radius 3 is 1.92 bits per heavy atom. The number of para-hydroxylation sites is 1. The number of carbonyl (C=O) groups is 3. The first-order chi connectivity index (χ1) is 23.7. The van der Waals surface area contributed by atoms with Crippen molar-refractivity contribution in [3.8, 4) is 16.9 Å². The number of ether oxygens (including phenoxy) is 3. The Hall–Kier alpha value is -5.72. The molecule has 0 saturated heterocycles. The van der Waals surface area contributed by atoms with Gasteiger partial charge < -0.3 is 19.5 Å². The summed E-state index contributed by atoms with van der Waals surface area (Å²) in [7, 11) is 0. The van der Waals surface area contributed by atoms with E-state index in [2.05, 4.69) is 5.32 Å². The van der Waals surface area contributed by atoms with Crippen LogP contribution in [0.3, 0.4) is 0 Å². The van der Waals surface area contributed by atoms with Crippen LogP contribution in [0.25, 0.3) is 22.0 Å². The van der Waals surface area contributed by atoms with Crippen molar-refractivity contribution in [2.75, 3.05) is 6.61 Å². The Morgan fingerprint density at radius 2 is 1.32 bits per heavy atom. The van der Waals surface area contributed by atoms with Gasteiger partial charge in [0.25, 0.3) is 0 Å². The standard InChI is InChI=1S/C37H29F5N2O6/c1-37(2,3)50-36(47)44-17-19(20-10-8-9-15-27(20)44)16-26(34(45)49-33-31(41)29(39)28(38)30(40)32(33)42)43-35(46)48-18-25-23-13-6-4-11-21(23)22-12-5-7-14-24(22)25/h4-15,17,25-26H,16,18H2,1-3H3,(H,43,46)/t26-/m1/s1. The third-order valence-electron chi connectivity index (χ3n) is 8.10. The molecule has 1 amide bonds. The van der Waals surface area contributed by atoms with Gasteiger partial charge in [-0.2, -0.15) is 8.78 Å². The van der Waals surface area contributed by atoms with Gasteiger partial charge in [0, 0.05) is 23.9 Å². The zero-order valence-corrected chi connectivity index (χ0v) is 26.9. The van der Waals surface area contributed by atoms with Crippen LogP contribution in [0.15, 0.2) is 79.0 Å². The van der Waals surface area contributed by atoms with Gasteiger partial charge in [0.1, 0.15) is 18.2 Å². The highest BCUT2D eigenvalue weighted by atomic mass is 19.2. The second kappa shape index (κ2) is 13.3. The van der Waals surface area contributed by atoms with Crippen LogP contribution in [-0.2, 0) is 20.7 Å². The molecule has 0 bridgehead atoms. The molecular formula is C37H29F5N2O6. The summed E-state index contributed by atoms with van der Waals surface area (Å²) in [4.78, 5) is 39.8. The second-order valence-electron chi connectivity index (χ2n) is 12.6. The lowest BCUT2D eigenvalue weighted by Crippen LogP contribution is -2.45. The fourth-order valence-corrected chi connectivity index (χ4v) is 5.92. The fourth-order valence-electron chi connectivity index (χ4n) is 5.92. The first-order valence-electron chi connectivity index (χ1n) is 15.4. The van der Waals surface area contributed by atoms with Crippen molar-refractivity contribution in [2.45, 2.75) is 44.8 Å². The number of rotatable bonds is 7. The van der Waals surface area contributed by atoms with Crippen LogP contribution in [0.4, 0.5) is 31.5 Å². The third-order valence-corrected chi connectivity index (χ3v) is 8.10. The molecule has 0 unspecified atom stereocenters. The summed E-state index contributed by atoms with van der Waals surface area (Å²) in [6.07, 6.45) is -1.02. The predicted octanol–water partition coefficient (Wildman–Crippen LogP) is 8.18. The molecule has 1 atom stereocenters. The molecule has 8 nitrogen and oxygen atoms in total. The normalized spacial score (nSPS) is 13.0. The molecule has 5 aromatic rings. The van der Waals surface area contributed by atoms with Gasteiger partial charge in [-0.25, -0.2) is 27.6 Å². The van der Waals surface area contributed by atoms with Crippen molar-refractivity contribution in [3.05, 3.63) is 125 Å². The monoisotopic (exact) mass is 692 g/mol. The van der Waals surface area contributed by atoms with E-state index in [1.165, 1.54) is 10.8 Å². The smallest absolute Gasteiger partial charge is 0.419 e. The molecule has 0 spiro atoms. The van der Waals surface area contributed by atoms with Crippen LogP contribution in [0.5, 0.6) is 5.75 Å². The molecule has 0 fully saturated rings. The minimum Gasteiger partial charge on any atom is -0.449 e. The highest BCUT2D eigenvalue weighted by molar-refractivity contribution is 5.93. The van der Waals surface area contributed by atoms with Gasteiger partial charge >= 0.3 is 18.2 Å². The zero-order chi connectivity index (χ0) is 35.9. The molecular weight excluding hydrogens is 663 g/mol. The topological polar surface area (TPSA) is 95.9 Å². The number of esters is 1. The molecule has 1 N–H and O–H groups in total. The van der Waals surface area contributed by atoms with Gasteiger partial charge in [-0.15, -0.1) is 0 Å². The first kappa shape index (κ1) is 34.2. The van der Waals surface area contributed by atoms with Gasteiger partial charge in [-0.05, 0) is 54.7 Å². The van der Waals surface area contributed by atoms with Crippen LogP contribution in [-0.4, -0.2) is 41.0 Å². The van der Waals surface area contributed by atoms with E-state index in [1.807, 2.05) is 48.5 Å². The van der Waals surface area contributed by atoms with E-state index in [1.54, 1.807) is 45.0 Å². The lowest BCUT2D eigenvalue weighted by Gasteiger charge is -2.20. The molecule has 1 aliphatic rings. The highest BCUT2D eigenvalue weighted by Crippen LogP contribution is 2.44. The zero-order valence-electron chi connectivity index (χ0n) is 26.9. The molecule has 1 aromatic heterocycles. The van der Waals surface area contributed by atoms with Crippen LogP contribution < -0.4 is 10.1 Å². The second-order valence-corrected chi connectivity index (χ2v) is 12.6. The van der Waals surface area contributed by atoms with E-state index in [9.17, 15) is 36.3 Å². The summed E-state index contributed by atoms with van der Waals surface area (Å²) < 4.78 is 87.6. The molecule has 1 aliphatic carbocycles. The van der Waals surface area contributed by atoms with Crippen LogP contribution in [0, 0.1) is 29.1 Å². The minimum atomic E-state index is -2.44. The average Bonchev–Trinajstić information content (AvgIpc) is 3.62. The molecule has 1 heterocycles. The quantitative estimate of drug-likeness (QED) is 0.0608. The molecule has 258 valence electrons. The maximum atomic E-state index is 14.5. The number of halogens is 5. The number of nitrogens with one attached hydrogen (secondary N) is 1. The van der Waals surface area contributed by atoms with Gasteiger partial charge in [0.2, 0.25) is 34.8 Å². The van der Waals surface area contributed by atoms with E-state index < -0.39 is 71.1 Å². The van der Waals surface area contributed by atoms with E-state index in [0.717, 1.165) is 22.3 Å². The van der Waals surface area contributed by atoms with Crippen molar-refractivity contribution < 1.29 is 50.5 Å². The number of hydrogen-bond donors (Lipinski definition) is 1. The number of fused-ring (bicyclic) bond motifs is 4. The van der Waals surface area contributed by atoms with Crippen molar-refractivity contribution in [2.24, 2.45) is 0 Å². The summed E-state index contributed by atoms with van der Waals surface area (Å²) in [5.41, 5.74) is 3.49. The Kier molecular flexibility index (Phi) is 9.08. The number of amides is 1. The van der Waals surface area contributed by atoms with E-state index in [4.69, 9.17) is 14.2 Å². The SMILES string of the molecule is CC(C)(C)OC(=O)n1cc(C[C@@H](NC(=O)OCC2c3ccccc3-c3ccccc32)C(=O)Oc2c(F)c(F)c(F)c(F)c2F)c2ccccc21. The van der Waals surface area contributed by atoms with Gasteiger partial charge in [0.15, 0.2) is 0 Å². The van der Waals surface area contributed by atoms with E-state index in [0.29, 0.717) is 10.9 Å². The molecule has 0 saturated carbocycles. The Labute approximate surface area is 282 Å². The van der Waals surface area contributed by atoms with E-state index >= 15 is 0 Å². The molecule has 4 aromatic carbocycles. The molecule has 50 heavy (non-hydrogen) atoms. The number of hydrogen-bond acceptors (Lipinski definition) is 6. The summed E-state index contributed by atoms with van der Waals surface area (Å²) in [6.45, 7) is 4.83. The summed E-state index contributed by atoms with van der Waals surface area (Å²) in [5.74, 6) is -15.6. The van der Waals surface area contributed by atoms with Crippen molar-refractivity contribution in [1.82, 2.24) is 9.88 Å². The van der Waals surface area contributed by atoms with Crippen LogP contribution in [0.1, 0.15) is 43.4 Å². The van der Waals surface area contributed by atoms with Crippen molar-refractivity contribution in [3.63, 3.8) is 0 Å². The van der Waals surface area contributed by atoms with Crippen molar-refractivity contribution >= 4 is 29.1 Å². The predicted molar refractivity (Wildman–Crippen MR) is 171 cm³/mol. The maximum absolute atomic E-state index is 14.5. The lowest BCUT2D eigenvalue weighted by molar-refractivity contribution is -0.137. The average molecular weight is 693 g/mol. The summed E-state index contributed by atoms with van der Waals surface area (Å²) >= 11 is 0. The van der Waals surface area contributed by atoms with Gasteiger partial charge in [-0.1, -0.05) is 66.7 Å². The summed E-state index contributed by atoms with van der Waals surface area (Å²) in [5, 5.41) is 2.74. The third kappa shape index (κ3) is 6.50. The number of aromatic nitrogens is 1. The Balaban J connectivity index is 1.30. The summed E-state index contributed by atoms with van der Waals surface area (Å²) in [6, 6.07) is 19.8. The molecule has 0 radical (unpaired) electrons. The number of alkyl carbamates (subject to hydrolysis) is 1. The van der Waals surface area contributed by atoms with Crippen LogP contribution in [0.2, 0.25) is 0 Å². The highest BCUT2D eigenvalue weighted by Gasteiger charge is 2.34. The number of nitrogens with zero attached hydrogens (tertiary/aromatic N) is 1. The largest absolute Gasteiger partial charge is 0.449 e. The minimum absolute atomic E-state index is 0.169. The molecule has 6 rings (SSSR count). The Morgan fingerprint density at radius 1 is 0.780 bits per heavy atom. The lowest BCUT2D eigenvalue weighted by atomic mass is 9.98. The molecule has 0 aliphatic heterocycles.